The van der Waals surface area contributed by atoms with E-state index in [1.807, 2.05) is 12.3 Å². The molecule has 0 aliphatic carbocycles. The summed E-state index contributed by atoms with van der Waals surface area (Å²) in [6.45, 7) is 7.36. The van der Waals surface area contributed by atoms with Crippen LogP contribution in [0.4, 0.5) is 5.69 Å². The van der Waals surface area contributed by atoms with Crippen LogP contribution in [0.2, 0.25) is 0 Å². The van der Waals surface area contributed by atoms with Gasteiger partial charge in [-0.05, 0) is 44.0 Å². The lowest BCUT2D eigenvalue weighted by atomic mass is 9.81. The number of aromatic nitrogens is 1. The fraction of sp³-hybridized carbons (Fsp3) is 0.579. The minimum absolute atomic E-state index is 0.0103. The predicted octanol–water partition coefficient (Wildman–Crippen LogP) is 3.20. The Hall–Kier alpha value is -2.24. The molecule has 0 spiro atoms. The molecule has 1 fully saturated rings. The number of nitrogens with one attached hydrogen (secondary N) is 1. The van der Waals surface area contributed by atoms with Crippen molar-refractivity contribution < 1.29 is 4.79 Å². The van der Waals surface area contributed by atoms with Crippen molar-refractivity contribution in [1.82, 2.24) is 9.88 Å². The van der Waals surface area contributed by atoms with E-state index in [1.54, 1.807) is 13.2 Å². The van der Waals surface area contributed by atoms with Gasteiger partial charge in [-0.15, -0.1) is 0 Å². The van der Waals surface area contributed by atoms with Gasteiger partial charge in [-0.3, -0.25) is 20.1 Å². The zero-order chi connectivity index (χ0) is 18.2. The van der Waals surface area contributed by atoms with Crippen molar-refractivity contribution in [3.63, 3.8) is 0 Å². The van der Waals surface area contributed by atoms with Crippen molar-refractivity contribution in [2.75, 3.05) is 25.0 Å². The number of unbranched alkanes of at least 4 members (excludes halogenated alkanes) is 1. The Morgan fingerprint density at radius 3 is 3.04 bits per heavy atom. The van der Waals surface area contributed by atoms with E-state index in [2.05, 4.69) is 34.6 Å². The van der Waals surface area contributed by atoms with E-state index in [1.165, 1.54) is 4.90 Å². The van der Waals surface area contributed by atoms with Gasteiger partial charge in [-0.1, -0.05) is 19.8 Å². The molecule has 6 heteroatoms. The number of pyridine rings is 1. The summed E-state index contributed by atoms with van der Waals surface area (Å²) in [5, 5.41) is 7.79. The highest BCUT2D eigenvalue weighted by Crippen LogP contribution is 2.31. The van der Waals surface area contributed by atoms with Crippen molar-refractivity contribution in [2.45, 2.75) is 39.0 Å². The normalized spacial score (nSPS) is 18.5. The van der Waals surface area contributed by atoms with Crippen LogP contribution in [-0.2, 0) is 4.79 Å². The van der Waals surface area contributed by atoms with E-state index in [0.717, 1.165) is 50.9 Å². The Balaban J connectivity index is 2.14. The van der Waals surface area contributed by atoms with E-state index in [4.69, 9.17) is 5.41 Å². The molecule has 2 heterocycles. The number of piperidine rings is 1. The van der Waals surface area contributed by atoms with Gasteiger partial charge in [-0.25, -0.2) is 4.99 Å². The van der Waals surface area contributed by atoms with Crippen molar-refractivity contribution in [1.29, 1.82) is 5.41 Å². The van der Waals surface area contributed by atoms with Gasteiger partial charge < -0.3 is 4.90 Å². The van der Waals surface area contributed by atoms with E-state index in [-0.39, 0.29) is 23.7 Å². The monoisotopic (exact) mass is 343 g/mol. The lowest BCUT2D eigenvalue weighted by Gasteiger charge is -2.38. The van der Waals surface area contributed by atoms with Crippen molar-refractivity contribution in [2.24, 2.45) is 16.8 Å². The average Bonchev–Trinajstić information content (AvgIpc) is 2.67. The molecular formula is C19H29N5O. The maximum Gasteiger partial charge on any atom is 0.232 e. The molecule has 1 aromatic rings. The first-order valence-electron chi connectivity index (χ1n) is 9.06. The maximum absolute atomic E-state index is 13.0. The smallest absolute Gasteiger partial charge is 0.232 e. The van der Waals surface area contributed by atoms with Gasteiger partial charge in [-0.2, -0.15) is 0 Å². The van der Waals surface area contributed by atoms with E-state index in [9.17, 15) is 4.79 Å². The Labute approximate surface area is 150 Å². The molecule has 0 saturated carbocycles. The highest BCUT2D eigenvalue weighted by atomic mass is 16.2. The van der Waals surface area contributed by atoms with Gasteiger partial charge in [0.05, 0.1) is 11.9 Å². The number of amides is 1. The second kappa shape index (κ2) is 9.30. The molecule has 1 aliphatic heterocycles. The summed E-state index contributed by atoms with van der Waals surface area (Å²) >= 11 is 0. The molecule has 0 bridgehead atoms. The number of hydrogen-bond acceptors (Lipinski definition) is 4. The molecule has 1 aromatic heterocycles. The first-order valence-corrected chi connectivity index (χ1v) is 9.06. The summed E-state index contributed by atoms with van der Waals surface area (Å²) in [6.07, 6.45) is 8.70. The van der Waals surface area contributed by atoms with Crippen LogP contribution in [0.5, 0.6) is 0 Å². The third-order valence-electron chi connectivity index (χ3n) is 5.02. The van der Waals surface area contributed by atoms with Crippen LogP contribution in [-0.4, -0.2) is 48.6 Å². The molecule has 6 nitrogen and oxygen atoms in total. The summed E-state index contributed by atoms with van der Waals surface area (Å²) < 4.78 is 0. The van der Waals surface area contributed by atoms with Crippen molar-refractivity contribution in [3.05, 3.63) is 24.5 Å². The fourth-order valence-corrected chi connectivity index (χ4v) is 3.56. The highest BCUT2D eigenvalue weighted by Gasteiger charge is 2.34. The maximum atomic E-state index is 13.0. The van der Waals surface area contributed by atoms with Crippen LogP contribution in [0.25, 0.3) is 0 Å². The van der Waals surface area contributed by atoms with Gasteiger partial charge >= 0.3 is 0 Å². The molecule has 136 valence electrons. The SMILES string of the molecule is C=NC(=N)N(C)C(=O)C(CCCC)[C@@H]1CCCN(c2cccnc2)C1. The largest absolute Gasteiger partial charge is 0.370 e. The van der Waals surface area contributed by atoms with Crippen LogP contribution in [0.1, 0.15) is 39.0 Å². The minimum Gasteiger partial charge on any atom is -0.370 e. The number of carbonyl (C=O) groups is 1. The average molecular weight is 343 g/mol. The Bertz CT molecular complexity index is 589. The molecule has 2 rings (SSSR count). The number of rotatable bonds is 6. The lowest BCUT2D eigenvalue weighted by Crippen LogP contribution is -2.45. The first-order chi connectivity index (χ1) is 12.1. The fourth-order valence-electron chi connectivity index (χ4n) is 3.56. The predicted molar refractivity (Wildman–Crippen MR) is 102 cm³/mol. The summed E-state index contributed by atoms with van der Waals surface area (Å²) in [5.41, 5.74) is 1.11. The third-order valence-corrected chi connectivity index (χ3v) is 5.02. The summed E-state index contributed by atoms with van der Waals surface area (Å²) in [4.78, 5) is 24.4. The second-order valence-electron chi connectivity index (χ2n) is 6.69. The molecule has 1 aliphatic rings. The minimum atomic E-state index is -0.0774. The number of carbonyl (C=O) groups excluding carboxylic acids is 1. The molecule has 1 N–H and O–H groups in total. The Morgan fingerprint density at radius 2 is 2.40 bits per heavy atom. The number of aliphatic imine (C=N–C) groups is 1. The first kappa shape index (κ1) is 19.1. The molecule has 1 saturated heterocycles. The number of nitrogens with zero attached hydrogens (tertiary/aromatic N) is 4. The van der Waals surface area contributed by atoms with Crippen molar-refractivity contribution in [3.8, 4) is 0 Å². The molecule has 0 aromatic carbocycles. The number of anilines is 1. The zero-order valence-corrected chi connectivity index (χ0v) is 15.3. The number of hydrogen-bond donors (Lipinski definition) is 1. The second-order valence-corrected chi connectivity index (χ2v) is 6.69. The zero-order valence-electron chi connectivity index (χ0n) is 15.3. The number of guanidine groups is 1. The quantitative estimate of drug-likeness (QED) is 0.637. The van der Waals surface area contributed by atoms with Gasteiger partial charge in [0.25, 0.3) is 0 Å². The van der Waals surface area contributed by atoms with E-state index < -0.39 is 0 Å². The third kappa shape index (κ3) is 4.87. The summed E-state index contributed by atoms with van der Waals surface area (Å²) in [7, 11) is 1.63. The van der Waals surface area contributed by atoms with Gasteiger partial charge in [0.1, 0.15) is 0 Å². The topological polar surface area (TPSA) is 72.7 Å². The highest BCUT2D eigenvalue weighted by molar-refractivity contribution is 5.98. The van der Waals surface area contributed by atoms with E-state index in [0.29, 0.717) is 0 Å². The van der Waals surface area contributed by atoms with Crippen molar-refractivity contribution >= 4 is 24.3 Å². The lowest BCUT2D eigenvalue weighted by molar-refractivity contribution is -0.133. The van der Waals surface area contributed by atoms with Crippen LogP contribution < -0.4 is 4.90 Å². The summed E-state index contributed by atoms with van der Waals surface area (Å²) in [6, 6.07) is 4.02. The molecule has 1 unspecified atom stereocenters. The van der Waals surface area contributed by atoms with E-state index >= 15 is 0 Å². The standard InChI is InChI=1S/C19H29N5O/c1-4-5-10-17(18(25)23(3)19(20)21-2)15-8-7-12-24(14-15)16-9-6-11-22-13-16/h6,9,11,13,15,17,20H,2,4-5,7-8,10,12,14H2,1,3H3/t15-,17?/m1/s1. The van der Waals surface area contributed by atoms with Gasteiger partial charge in [0, 0.05) is 32.3 Å². The van der Waals surface area contributed by atoms with Crippen LogP contribution in [0.15, 0.2) is 29.5 Å². The van der Waals surface area contributed by atoms with Gasteiger partial charge in [0.15, 0.2) is 0 Å². The Kier molecular flexibility index (Phi) is 7.10. The van der Waals surface area contributed by atoms with Crippen LogP contribution in [0.3, 0.4) is 0 Å². The van der Waals surface area contributed by atoms with Crippen LogP contribution in [0, 0.1) is 17.2 Å². The van der Waals surface area contributed by atoms with Gasteiger partial charge in [0.2, 0.25) is 11.9 Å². The molecule has 2 atom stereocenters. The van der Waals surface area contributed by atoms with Crippen LogP contribution >= 0.6 is 0 Å². The molecule has 1 amide bonds. The Morgan fingerprint density at radius 1 is 1.60 bits per heavy atom. The molecule has 0 radical (unpaired) electrons. The summed E-state index contributed by atoms with van der Waals surface area (Å²) in [5.74, 6) is 0.120. The molecular weight excluding hydrogens is 314 g/mol. The molecule has 25 heavy (non-hydrogen) atoms.